The van der Waals surface area contributed by atoms with Gasteiger partial charge in [-0.2, -0.15) is 0 Å². The van der Waals surface area contributed by atoms with Crippen LogP contribution in [0.5, 0.6) is 0 Å². The van der Waals surface area contributed by atoms with Crippen molar-refractivity contribution in [3.05, 3.63) is 35.7 Å². The molecule has 0 aliphatic carbocycles. The Morgan fingerprint density at radius 3 is 2.93 bits per heavy atom. The summed E-state index contributed by atoms with van der Waals surface area (Å²) in [5.41, 5.74) is 6.21. The van der Waals surface area contributed by atoms with Crippen LogP contribution in [0.15, 0.2) is 45.2 Å². The fraction of sp³-hybridized carbons (Fsp3) is 0. The zero-order chi connectivity index (χ0) is 9.97. The molecule has 1 aromatic heterocycles. The third-order valence-electron chi connectivity index (χ3n) is 1.56. The normalized spacial score (nSPS) is 10.4. The van der Waals surface area contributed by atoms with Gasteiger partial charge in [-0.25, -0.2) is 4.98 Å². The summed E-state index contributed by atoms with van der Waals surface area (Å²) in [7, 11) is 0. The largest absolute Gasteiger partial charge is 0.440 e. The Bertz CT molecular complexity index is 430. The first-order valence-corrected chi connectivity index (χ1v) is 5.07. The second kappa shape index (κ2) is 3.94. The molecule has 1 aromatic carbocycles. The maximum Gasteiger partial charge on any atom is 0.260 e. The Hall–Kier alpha value is -1.13. The van der Waals surface area contributed by atoms with Crippen LogP contribution in [0.3, 0.4) is 0 Å². The molecule has 0 spiro atoms. The monoisotopic (exact) mass is 226 g/mol. The van der Waals surface area contributed by atoms with Gasteiger partial charge in [-0.3, -0.25) is 0 Å². The first kappa shape index (κ1) is 9.43. The minimum absolute atomic E-state index is 0.566. The van der Waals surface area contributed by atoms with Crippen molar-refractivity contribution in [1.29, 1.82) is 0 Å². The number of rotatable bonds is 2. The zero-order valence-corrected chi connectivity index (χ0v) is 8.68. The van der Waals surface area contributed by atoms with Gasteiger partial charge >= 0.3 is 0 Å². The van der Waals surface area contributed by atoms with Crippen LogP contribution in [0.2, 0.25) is 5.02 Å². The highest BCUT2D eigenvalue weighted by Crippen LogP contribution is 2.33. The number of aromatic nitrogens is 1. The molecule has 0 aliphatic heterocycles. The van der Waals surface area contributed by atoms with Gasteiger partial charge in [0.15, 0.2) is 0 Å². The van der Waals surface area contributed by atoms with Gasteiger partial charge in [0.1, 0.15) is 6.26 Å². The van der Waals surface area contributed by atoms with E-state index in [4.69, 9.17) is 21.8 Å². The van der Waals surface area contributed by atoms with Gasteiger partial charge in [0.2, 0.25) is 0 Å². The first-order valence-electron chi connectivity index (χ1n) is 3.88. The highest BCUT2D eigenvalue weighted by Gasteiger charge is 2.05. The average Bonchev–Trinajstić information content (AvgIpc) is 2.62. The van der Waals surface area contributed by atoms with Crippen molar-refractivity contribution < 1.29 is 4.42 Å². The van der Waals surface area contributed by atoms with Crippen molar-refractivity contribution in [1.82, 2.24) is 4.98 Å². The molecule has 2 aromatic rings. The van der Waals surface area contributed by atoms with E-state index < -0.39 is 0 Å². The molecule has 3 nitrogen and oxygen atoms in total. The molecule has 2 N–H and O–H groups in total. The molecule has 0 radical (unpaired) electrons. The van der Waals surface area contributed by atoms with Gasteiger partial charge in [0.25, 0.3) is 5.22 Å². The van der Waals surface area contributed by atoms with Crippen LogP contribution in [0, 0.1) is 0 Å². The van der Waals surface area contributed by atoms with Gasteiger partial charge in [0, 0.05) is 10.6 Å². The lowest BCUT2D eigenvalue weighted by Gasteiger charge is -2.01. The molecule has 0 unspecified atom stereocenters. The molecule has 14 heavy (non-hydrogen) atoms. The molecule has 0 saturated carbocycles. The quantitative estimate of drug-likeness (QED) is 0.800. The lowest BCUT2D eigenvalue weighted by molar-refractivity contribution is 0.454. The van der Waals surface area contributed by atoms with E-state index >= 15 is 0 Å². The predicted octanol–water partition coefficient (Wildman–Crippen LogP) is 3.06. The van der Waals surface area contributed by atoms with E-state index in [0.717, 1.165) is 4.90 Å². The van der Waals surface area contributed by atoms with E-state index in [2.05, 4.69) is 4.98 Å². The van der Waals surface area contributed by atoms with E-state index in [1.807, 2.05) is 6.07 Å². The fourth-order valence-corrected chi connectivity index (χ4v) is 1.96. The average molecular weight is 227 g/mol. The predicted molar refractivity (Wildman–Crippen MR) is 56.5 cm³/mol. The molecule has 2 rings (SSSR count). The molecular formula is C9H7ClN2OS. The maximum atomic E-state index is 5.98. The van der Waals surface area contributed by atoms with Crippen LogP contribution < -0.4 is 5.73 Å². The Labute approximate surface area is 90.3 Å². The highest BCUT2D eigenvalue weighted by atomic mass is 35.5. The molecule has 0 saturated heterocycles. The van der Waals surface area contributed by atoms with E-state index in [1.165, 1.54) is 18.0 Å². The number of halogens is 1. The van der Waals surface area contributed by atoms with Gasteiger partial charge in [0.05, 0.1) is 11.2 Å². The summed E-state index contributed by atoms with van der Waals surface area (Å²) in [6.45, 7) is 0. The molecule has 0 aliphatic rings. The van der Waals surface area contributed by atoms with Crippen LogP contribution in [0.4, 0.5) is 5.69 Å². The molecule has 5 heteroatoms. The summed E-state index contributed by atoms with van der Waals surface area (Å²) in [6, 6.07) is 5.33. The SMILES string of the molecule is Nc1ccc(Sc2ncco2)c(Cl)c1. The van der Waals surface area contributed by atoms with Crippen molar-refractivity contribution >= 4 is 29.1 Å². The van der Waals surface area contributed by atoms with Crippen molar-refractivity contribution in [2.75, 3.05) is 5.73 Å². The third kappa shape index (κ3) is 2.02. The lowest BCUT2D eigenvalue weighted by atomic mass is 10.3. The summed E-state index contributed by atoms with van der Waals surface area (Å²) in [4.78, 5) is 4.86. The summed E-state index contributed by atoms with van der Waals surface area (Å²) < 4.78 is 5.08. The van der Waals surface area contributed by atoms with E-state index in [1.54, 1.807) is 18.3 Å². The van der Waals surface area contributed by atoms with Gasteiger partial charge in [-0.15, -0.1) is 0 Å². The second-order valence-electron chi connectivity index (χ2n) is 2.59. The molecular weight excluding hydrogens is 220 g/mol. The number of hydrogen-bond acceptors (Lipinski definition) is 4. The smallest absolute Gasteiger partial charge is 0.260 e. The van der Waals surface area contributed by atoms with Crippen LogP contribution in [-0.4, -0.2) is 4.98 Å². The number of nitrogens with two attached hydrogens (primary N) is 1. The molecule has 0 bridgehead atoms. The number of nitrogens with zero attached hydrogens (tertiary/aromatic N) is 1. The topological polar surface area (TPSA) is 52.0 Å². The van der Waals surface area contributed by atoms with Crippen LogP contribution in [0.25, 0.3) is 0 Å². The summed E-state index contributed by atoms with van der Waals surface area (Å²) in [5.74, 6) is 0. The first-order chi connectivity index (χ1) is 6.75. The fourth-order valence-electron chi connectivity index (χ4n) is 0.955. The molecule has 0 amide bonds. The Kier molecular flexibility index (Phi) is 2.65. The number of oxazole rings is 1. The van der Waals surface area contributed by atoms with Crippen molar-refractivity contribution in [3.8, 4) is 0 Å². The summed E-state index contributed by atoms with van der Waals surface area (Å²) >= 11 is 7.34. The minimum atomic E-state index is 0.566. The summed E-state index contributed by atoms with van der Waals surface area (Å²) in [5, 5.41) is 1.17. The van der Waals surface area contributed by atoms with Crippen LogP contribution >= 0.6 is 23.4 Å². The van der Waals surface area contributed by atoms with Crippen molar-refractivity contribution in [3.63, 3.8) is 0 Å². The van der Waals surface area contributed by atoms with E-state index in [-0.39, 0.29) is 0 Å². The van der Waals surface area contributed by atoms with Crippen LogP contribution in [0.1, 0.15) is 0 Å². The van der Waals surface area contributed by atoms with Crippen molar-refractivity contribution in [2.24, 2.45) is 0 Å². The number of nitrogen functional groups attached to an aromatic ring is 1. The Morgan fingerprint density at radius 1 is 1.43 bits per heavy atom. The standard InChI is InChI=1S/C9H7ClN2OS/c10-7-5-6(11)1-2-8(7)14-9-12-3-4-13-9/h1-5H,11H2. The van der Waals surface area contributed by atoms with Gasteiger partial charge in [-0.1, -0.05) is 11.6 Å². The molecule has 1 heterocycles. The lowest BCUT2D eigenvalue weighted by Crippen LogP contribution is -1.84. The highest BCUT2D eigenvalue weighted by molar-refractivity contribution is 7.99. The molecule has 72 valence electrons. The van der Waals surface area contributed by atoms with Gasteiger partial charge < -0.3 is 10.2 Å². The number of benzene rings is 1. The number of anilines is 1. The van der Waals surface area contributed by atoms with Crippen LogP contribution in [-0.2, 0) is 0 Å². The minimum Gasteiger partial charge on any atom is -0.440 e. The van der Waals surface area contributed by atoms with Crippen molar-refractivity contribution in [2.45, 2.75) is 10.1 Å². The number of hydrogen-bond donors (Lipinski definition) is 1. The second-order valence-corrected chi connectivity index (χ2v) is 3.99. The Morgan fingerprint density at radius 2 is 2.29 bits per heavy atom. The summed E-state index contributed by atoms with van der Waals surface area (Å²) in [6.07, 6.45) is 3.11. The zero-order valence-electron chi connectivity index (χ0n) is 7.11. The third-order valence-corrected chi connectivity index (χ3v) is 2.94. The molecule has 0 atom stereocenters. The Balaban J connectivity index is 2.25. The van der Waals surface area contributed by atoms with E-state index in [0.29, 0.717) is 15.9 Å². The van der Waals surface area contributed by atoms with Gasteiger partial charge in [-0.05, 0) is 30.0 Å². The maximum absolute atomic E-state index is 5.98. The molecule has 0 fully saturated rings. The van der Waals surface area contributed by atoms with E-state index in [9.17, 15) is 0 Å².